The van der Waals surface area contributed by atoms with E-state index in [1.807, 2.05) is 54.6 Å². The van der Waals surface area contributed by atoms with Crippen LogP contribution in [0.25, 0.3) is 0 Å². The van der Waals surface area contributed by atoms with Crippen molar-refractivity contribution in [2.75, 3.05) is 11.1 Å². The van der Waals surface area contributed by atoms with E-state index >= 15 is 0 Å². The molecule has 0 aliphatic carbocycles. The monoisotopic (exact) mass is 443 g/mol. The van der Waals surface area contributed by atoms with E-state index in [4.69, 9.17) is 0 Å². The lowest BCUT2D eigenvalue weighted by atomic mass is 10.2. The molecular weight excluding hydrogens is 426 g/mol. The SMILES string of the molecule is O=C(CSCc1ccc(Br)cc1)Nc1ccccc1Sc1ccccc1. The molecule has 0 aliphatic heterocycles. The van der Waals surface area contributed by atoms with E-state index in [-0.39, 0.29) is 5.91 Å². The number of carbonyl (C=O) groups is 1. The van der Waals surface area contributed by atoms with Crippen LogP contribution in [0.3, 0.4) is 0 Å². The molecule has 3 aromatic rings. The van der Waals surface area contributed by atoms with Crippen molar-refractivity contribution in [3.8, 4) is 0 Å². The predicted octanol–water partition coefficient (Wildman–Crippen LogP) is 6.47. The van der Waals surface area contributed by atoms with Crippen LogP contribution in [0.15, 0.2) is 93.1 Å². The van der Waals surface area contributed by atoms with Gasteiger partial charge in [-0.05, 0) is 42.0 Å². The summed E-state index contributed by atoms with van der Waals surface area (Å²) in [6.45, 7) is 0. The molecule has 0 heterocycles. The Hall–Kier alpha value is -1.69. The number of nitrogens with one attached hydrogen (secondary N) is 1. The summed E-state index contributed by atoms with van der Waals surface area (Å²) in [7, 11) is 0. The first kappa shape index (κ1) is 19.1. The number of para-hydroxylation sites is 1. The molecule has 1 N–H and O–H groups in total. The topological polar surface area (TPSA) is 29.1 Å². The number of amides is 1. The van der Waals surface area contributed by atoms with Gasteiger partial charge in [-0.3, -0.25) is 4.79 Å². The number of hydrogen-bond acceptors (Lipinski definition) is 3. The molecule has 26 heavy (non-hydrogen) atoms. The fourth-order valence-electron chi connectivity index (χ4n) is 2.30. The van der Waals surface area contributed by atoms with E-state index in [1.165, 1.54) is 5.56 Å². The Balaban J connectivity index is 1.55. The average molecular weight is 444 g/mol. The molecule has 0 saturated heterocycles. The third-order valence-electron chi connectivity index (χ3n) is 3.55. The Labute approximate surface area is 170 Å². The first-order valence-electron chi connectivity index (χ1n) is 8.15. The Morgan fingerprint density at radius 3 is 2.35 bits per heavy atom. The van der Waals surface area contributed by atoms with Crippen molar-refractivity contribution in [1.82, 2.24) is 0 Å². The van der Waals surface area contributed by atoms with Crippen LogP contribution in [0.1, 0.15) is 5.56 Å². The number of carbonyl (C=O) groups excluding carboxylic acids is 1. The standard InChI is InChI=1S/C21H18BrNOS2/c22-17-12-10-16(11-13-17)14-25-15-21(24)23-19-8-4-5-9-20(19)26-18-6-2-1-3-7-18/h1-13H,14-15H2,(H,23,24). The molecule has 132 valence electrons. The van der Waals surface area contributed by atoms with Crippen molar-refractivity contribution in [2.45, 2.75) is 15.5 Å². The molecule has 0 bridgehead atoms. The smallest absolute Gasteiger partial charge is 0.234 e. The van der Waals surface area contributed by atoms with Gasteiger partial charge in [0.05, 0.1) is 11.4 Å². The lowest BCUT2D eigenvalue weighted by Crippen LogP contribution is -2.14. The summed E-state index contributed by atoms with van der Waals surface area (Å²) in [5, 5.41) is 3.04. The largest absolute Gasteiger partial charge is 0.324 e. The summed E-state index contributed by atoms with van der Waals surface area (Å²) in [4.78, 5) is 14.5. The van der Waals surface area contributed by atoms with Gasteiger partial charge in [-0.2, -0.15) is 0 Å². The van der Waals surface area contributed by atoms with Crippen LogP contribution in [0.2, 0.25) is 0 Å². The first-order valence-corrected chi connectivity index (χ1v) is 10.9. The van der Waals surface area contributed by atoms with Gasteiger partial charge in [0.25, 0.3) is 0 Å². The van der Waals surface area contributed by atoms with Crippen LogP contribution in [-0.2, 0) is 10.5 Å². The second kappa shape index (κ2) is 9.86. The molecule has 0 atom stereocenters. The number of benzene rings is 3. The highest BCUT2D eigenvalue weighted by atomic mass is 79.9. The zero-order valence-electron chi connectivity index (χ0n) is 14.0. The molecule has 0 fully saturated rings. The van der Waals surface area contributed by atoms with E-state index in [1.54, 1.807) is 23.5 Å². The molecule has 3 rings (SSSR count). The van der Waals surface area contributed by atoms with Crippen molar-refractivity contribution in [3.05, 3.63) is 88.9 Å². The molecule has 0 spiro atoms. The molecule has 0 aliphatic rings. The molecule has 0 radical (unpaired) electrons. The summed E-state index contributed by atoms with van der Waals surface area (Å²) in [6.07, 6.45) is 0. The summed E-state index contributed by atoms with van der Waals surface area (Å²) in [6, 6.07) is 26.3. The van der Waals surface area contributed by atoms with Gasteiger partial charge in [0, 0.05) is 20.0 Å². The summed E-state index contributed by atoms with van der Waals surface area (Å²) >= 11 is 6.70. The normalized spacial score (nSPS) is 10.5. The van der Waals surface area contributed by atoms with E-state index in [2.05, 4.69) is 45.5 Å². The summed E-state index contributed by atoms with van der Waals surface area (Å²) < 4.78 is 1.07. The first-order chi connectivity index (χ1) is 12.7. The van der Waals surface area contributed by atoms with E-state index in [9.17, 15) is 4.79 Å². The van der Waals surface area contributed by atoms with Crippen LogP contribution in [0.4, 0.5) is 5.69 Å². The third-order valence-corrected chi connectivity index (χ3v) is 6.16. The Morgan fingerprint density at radius 1 is 0.885 bits per heavy atom. The number of anilines is 1. The lowest BCUT2D eigenvalue weighted by Gasteiger charge is -2.11. The van der Waals surface area contributed by atoms with Crippen LogP contribution >= 0.6 is 39.5 Å². The maximum atomic E-state index is 12.3. The number of halogens is 1. The highest BCUT2D eigenvalue weighted by Crippen LogP contribution is 2.33. The minimum atomic E-state index is 0.0215. The molecular formula is C21H18BrNOS2. The zero-order chi connectivity index (χ0) is 18.2. The van der Waals surface area contributed by atoms with Crippen molar-refractivity contribution in [2.24, 2.45) is 0 Å². The van der Waals surface area contributed by atoms with Crippen LogP contribution < -0.4 is 5.32 Å². The van der Waals surface area contributed by atoms with E-state index in [0.29, 0.717) is 5.75 Å². The van der Waals surface area contributed by atoms with Gasteiger partial charge < -0.3 is 5.32 Å². The molecule has 0 aromatic heterocycles. The van der Waals surface area contributed by atoms with Gasteiger partial charge in [-0.25, -0.2) is 0 Å². The highest BCUT2D eigenvalue weighted by Gasteiger charge is 2.08. The van der Waals surface area contributed by atoms with Crippen molar-refractivity contribution in [1.29, 1.82) is 0 Å². The van der Waals surface area contributed by atoms with Gasteiger partial charge in [0.15, 0.2) is 0 Å². The third kappa shape index (κ3) is 5.94. The van der Waals surface area contributed by atoms with Crippen LogP contribution in [-0.4, -0.2) is 11.7 Å². The fraction of sp³-hybridized carbons (Fsp3) is 0.0952. The number of thioether (sulfide) groups is 1. The number of hydrogen-bond donors (Lipinski definition) is 1. The quantitative estimate of drug-likeness (QED) is 0.453. The fourth-order valence-corrected chi connectivity index (χ4v) is 4.28. The molecule has 1 amide bonds. The zero-order valence-corrected chi connectivity index (χ0v) is 17.2. The summed E-state index contributed by atoms with van der Waals surface area (Å²) in [5.74, 6) is 1.27. The van der Waals surface area contributed by atoms with Crippen molar-refractivity contribution >= 4 is 51.0 Å². The highest BCUT2D eigenvalue weighted by molar-refractivity contribution is 9.10. The molecule has 2 nitrogen and oxygen atoms in total. The van der Waals surface area contributed by atoms with Gasteiger partial charge >= 0.3 is 0 Å². The number of rotatable bonds is 7. The molecule has 0 unspecified atom stereocenters. The maximum Gasteiger partial charge on any atom is 0.234 e. The Bertz CT molecular complexity index is 853. The van der Waals surface area contributed by atoms with Crippen LogP contribution in [0, 0.1) is 0 Å². The minimum absolute atomic E-state index is 0.0215. The maximum absolute atomic E-state index is 12.3. The molecule has 3 aromatic carbocycles. The van der Waals surface area contributed by atoms with E-state index in [0.717, 1.165) is 25.7 Å². The second-order valence-electron chi connectivity index (χ2n) is 5.58. The Kier molecular flexibility index (Phi) is 7.23. The molecule has 0 saturated carbocycles. The summed E-state index contributed by atoms with van der Waals surface area (Å²) in [5.41, 5.74) is 2.07. The van der Waals surface area contributed by atoms with Gasteiger partial charge in [-0.15, -0.1) is 11.8 Å². The second-order valence-corrected chi connectivity index (χ2v) is 8.60. The van der Waals surface area contributed by atoms with Crippen molar-refractivity contribution < 1.29 is 4.79 Å². The lowest BCUT2D eigenvalue weighted by molar-refractivity contribution is -0.113. The average Bonchev–Trinajstić information content (AvgIpc) is 2.66. The van der Waals surface area contributed by atoms with E-state index < -0.39 is 0 Å². The van der Waals surface area contributed by atoms with Crippen molar-refractivity contribution in [3.63, 3.8) is 0 Å². The Morgan fingerprint density at radius 2 is 1.58 bits per heavy atom. The van der Waals surface area contributed by atoms with Gasteiger partial charge in [-0.1, -0.05) is 70.2 Å². The molecule has 5 heteroatoms. The minimum Gasteiger partial charge on any atom is -0.324 e. The van der Waals surface area contributed by atoms with Gasteiger partial charge in [0.1, 0.15) is 0 Å². The van der Waals surface area contributed by atoms with Crippen LogP contribution in [0.5, 0.6) is 0 Å². The predicted molar refractivity (Wildman–Crippen MR) is 116 cm³/mol. The van der Waals surface area contributed by atoms with Gasteiger partial charge in [0.2, 0.25) is 5.91 Å².